The van der Waals surface area contributed by atoms with Gasteiger partial charge in [-0.2, -0.15) is 0 Å². The number of unbranched alkanes of at least 4 members (excludes halogenated alkanes) is 15. The largest absolute Gasteiger partial charge is 0.420 e. The van der Waals surface area contributed by atoms with Crippen molar-refractivity contribution in [2.75, 3.05) is 13.2 Å². The summed E-state index contributed by atoms with van der Waals surface area (Å²) in [6.45, 7) is 2.92. The molecule has 0 aromatic carbocycles. The van der Waals surface area contributed by atoms with Crippen LogP contribution in [0.25, 0.3) is 0 Å². The van der Waals surface area contributed by atoms with Crippen LogP contribution in [-0.2, 0) is 9.47 Å². The van der Waals surface area contributed by atoms with E-state index in [1.807, 2.05) is 0 Å². The molecule has 172 valence electrons. The van der Waals surface area contributed by atoms with Gasteiger partial charge in [-0.3, -0.25) is 0 Å². The van der Waals surface area contributed by atoms with Crippen LogP contribution < -0.4 is 5.32 Å². The second-order valence-electron chi connectivity index (χ2n) is 8.58. The minimum atomic E-state index is -0.502. The summed E-state index contributed by atoms with van der Waals surface area (Å²) in [4.78, 5) is 11.7. The minimum Gasteiger partial charge on any atom is -0.420 e. The van der Waals surface area contributed by atoms with Crippen molar-refractivity contribution < 1.29 is 19.4 Å². The van der Waals surface area contributed by atoms with Crippen molar-refractivity contribution >= 4 is 6.09 Å². The fourth-order valence-electron chi connectivity index (χ4n) is 3.92. The standard InChI is InChI=1S/C24H47NO4/c1-2-3-4-5-6-7-8-9-10-11-12-13-14-15-16-17-20-25-24(27)29-23-19-18-22(21-26)28-23/h22-23,26H,2-21H2,1H3,(H,25,27)/t22-,23+/m0/s1. The molecular weight excluding hydrogens is 366 g/mol. The van der Waals surface area contributed by atoms with Crippen molar-refractivity contribution in [3.63, 3.8) is 0 Å². The first-order chi connectivity index (χ1) is 14.3. The number of alkyl carbamates (subject to hydrolysis) is 1. The lowest BCUT2D eigenvalue weighted by Crippen LogP contribution is -2.30. The monoisotopic (exact) mass is 413 g/mol. The molecule has 5 heteroatoms. The van der Waals surface area contributed by atoms with Gasteiger partial charge in [-0.1, -0.05) is 103 Å². The summed E-state index contributed by atoms with van der Waals surface area (Å²) in [6, 6.07) is 0. The SMILES string of the molecule is CCCCCCCCCCCCCCCCCCNC(=O)O[C@@H]1CC[C@@H](CO)O1. The average molecular weight is 414 g/mol. The van der Waals surface area contributed by atoms with E-state index in [0.29, 0.717) is 13.0 Å². The number of ether oxygens (including phenoxy) is 2. The highest BCUT2D eigenvalue weighted by Gasteiger charge is 2.27. The van der Waals surface area contributed by atoms with Gasteiger partial charge in [0.2, 0.25) is 6.29 Å². The summed E-state index contributed by atoms with van der Waals surface area (Å²) < 4.78 is 10.6. The Bertz CT molecular complexity index is 378. The molecule has 29 heavy (non-hydrogen) atoms. The number of rotatable bonds is 19. The Hall–Kier alpha value is -0.810. The zero-order valence-electron chi connectivity index (χ0n) is 19.0. The number of hydrogen-bond donors (Lipinski definition) is 2. The predicted molar refractivity (Wildman–Crippen MR) is 119 cm³/mol. The molecule has 0 saturated carbocycles. The molecule has 1 fully saturated rings. The number of hydrogen-bond acceptors (Lipinski definition) is 4. The highest BCUT2D eigenvalue weighted by Crippen LogP contribution is 2.20. The topological polar surface area (TPSA) is 67.8 Å². The summed E-state index contributed by atoms with van der Waals surface area (Å²) in [5.74, 6) is 0. The molecule has 0 spiro atoms. The van der Waals surface area contributed by atoms with Gasteiger partial charge in [0.1, 0.15) is 0 Å². The first-order valence-corrected chi connectivity index (χ1v) is 12.5. The molecule has 0 aliphatic carbocycles. The van der Waals surface area contributed by atoms with Crippen LogP contribution in [0.2, 0.25) is 0 Å². The number of carbonyl (C=O) groups excluding carboxylic acids is 1. The quantitative estimate of drug-likeness (QED) is 0.238. The molecule has 0 aromatic rings. The van der Waals surface area contributed by atoms with E-state index in [2.05, 4.69) is 12.2 Å². The summed E-state index contributed by atoms with van der Waals surface area (Å²) in [5, 5.41) is 11.8. The molecule has 0 bridgehead atoms. The van der Waals surface area contributed by atoms with E-state index < -0.39 is 12.4 Å². The zero-order chi connectivity index (χ0) is 21.0. The molecular formula is C24H47NO4. The van der Waals surface area contributed by atoms with Crippen LogP contribution in [0.3, 0.4) is 0 Å². The van der Waals surface area contributed by atoms with E-state index >= 15 is 0 Å². The van der Waals surface area contributed by atoms with Crippen molar-refractivity contribution in [2.24, 2.45) is 0 Å². The fraction of sp³-hybridized carbons (Fsp3) is 0.958. The zero-order valence-corrected chi connectivity index (χ0v) is 19.0. The second kappa shape index (κ2) is 19.2. The third-order valence-electron chi connectivity index (χ3n) is 5.81. The predicted octanol–water partition coefficient (Wildman–Crippen LogP) is 6.47. The number of aliphatic hydroxyl groups is 1. The molecule has 5 nitrogen and oxygen atoms in total. The van der Waals surface area contributed by atoms with Gasteiger partial charge in [0.25, 0.3) is 0 Å². The van der Waals surface area contributed by atoms with Gasteiger partial charge in [0.15, 0.2) is 0 Å². The van der Waals surface area contributed by atoms with Crippen molar-refractivity contribution in [1.82, 2.24) is 5.32 Å². The fourth-order valence-corrected chi connectivity index (χ4v) is 3.92. The first kappa shape index (κ1) is 26.2. The maximum atomic E-state index is 11.7. The van der Waals surface area contributed by atoms with Crippen molar-refractivity contribution in [3.8, 4) is 0 Å². The van der Waals surface area contributed by atoms with Crippen LogP contribution in [0, 0.1) is 0 Å². The van der Waals surface area contributed by atoms with Crippen molar-refractivity contribution in [3.05, 3.63) is 0 Å². The highest BCUT2D eigenvalue weighted by molar-refractivity contribution is 5.67. The van der Waals surface area contributed by atoms with Gasteiger partial charge in [0.05, 0.1) is 12.7 Å². The van der Waals surface area contributed by atoms with Gasteiger partial charge in [-0.15, -0.1) is 0 Å². The Kier molecular flexibility index (Phi) is 17.3. The number of nitrogens with one attached hydrogen (secondary N) is 1. The highest BCUT2D eigenvalue weighted by atomic mass is 16.7. The molecule has 1 aliphatic heterocycles. The third kappa shape index (κ3) is 15.7. The van der Waals surface area contributed by atoms with Crippen molar-refractivity contribution in [1.29, 1.82) is 0 Å². The van der Waals surface area contributed by atoms with Crippen molar-refractivity contribution in [2.45, 2.75) is 135 Å². The van der Waals surface area contributed by atoms with Gasteiger partial charge in [-0.05, 0) is 12.8 Å². The third-order valence-corrected chi connectivity index (χ3v) is 5.81. The molecule has 1 heterocycles. The van der Waals surface area contributed by atoms with Crippen LogP contribution in [-0.4, -0.2) is 36.7 Å². The Labute approximate surface area is 179 Å². The van der Waals surface area contributed by atoms with Gasteiger partial charge in [-0.25, -0.2) is 4.79 Å². The number of carbonyl (C=O) groups is 1. The van der Waals surface area contributed by atoms with Crippen LogP contribution in [0.1, 0.15) is 122 Å². The molecule has 2 N–H and O–H groups in total. The maximum Gasteiger partial charge on any atom is 0.409 e. The summed E-state index contributed by atoms with van der Waals surface area (Å²) in [6.07, 6.45) is 21.9. The maximum absolute atomic E-state index is 11.7. The second-order valence-corrected chi connectivity index (χ2v) is 8.58. The lowest BCUT2D eigenvalue weighted by molar-refractivity contribution is -0.105. The lowest BCUT2D eigenvalue weighted by Gasteiger charge is -2.13. The van der Waals surface area contributed by atoms with Crippen LogP contribution in [0.15, 0.2) is 0 Å². The first-order valence-electron chi connectivity index (χ1n) is 12.5. The summed E-state index contributed by atoms with van der Waals surface area (Å²) >= 11 is 0. The Balaban J connectivity index is 1.73. The number of amides is 1. The van der Waals surface area contributed by atoms with Gasteiger partial charge >= 0.3 is 6.09 Å². The Morgan fingerprint density at radius 2 is 1.31 bits per heavy atom. The molecule has 2 atom stereocenters. The average Bonchev–Trinajstić information content (AvgIpc) is 3.17. The van der Waals surface area contributed by atoms with E-state index in [9.17, 15) is 4.79 Å². The minimum absolute atomic E-state index is 0.0132. The van der Waals surface area contributed by atoms with Gasteiger partial charge < -0.3 is 19.9 Å². The summed E-state index contributed by atoms with van der Waals surface area (Å²) in [7, 11) is 0. The van der Waals surface area contributed by atoms with Crippen LogP contribution in [0.5, 0.6) is 0 Å². The van der Waals surface area contributed by atoms with Crippen LogP contribution in [0.4, 0.5) is 4.79 Å². The summed E-state index contributed by atoms with van der Waals surface area (Å²) in [5.41, 5.74) is 0. The molecule has 1 aliphatic rings. The molecule has 1 saturated heterocycles. The molecule has 0 aromatic heterocycles. The molecule has 0 unspecified atom stereocenters. The molecule has 1 amide bonds. The molecule has 1 rings (SSSR count). The van der Waals surface area contributed by atoms with E-state index in [4.69, 9.17) is 14.6 Å². The molecule has 0 radical (unpaired) electrons. The smallest absolute Gasteiger partial charge is 0.409 e. The Morgan fingerprint density at radius 3 is 1.76 bits per heavy atom. The Morgan fingerprint density at radius 1 is 0.828 bits per heavy atom. The number of aliphatic hydroxyl groups excluding tert-OH is 1. The lowest BCUT2D eigenvalue weighted by atomic mass is 10.0. The normalized spacial score (nSPS) is 18.8. The van der Waals surface area contributed by atoms with E-state index in [1.165, 1.54) is 89.9 Å². The van der Waals surface area contributed by atoms with E-state index in [0.717, 1.165) is 19.3 Å². The van der Waals surface area contributed by atoms with E-state index in [-0.39, 0.29) is 12.7 Å². The van der Waals surface area contributed by atoms with Crippen LogP contribution >= 0.6 is 0 Å². The van der Waals surface area contributed by atoms with Gasteiger partial charge in [0, 0.05) is 13.0 Å². The van der Waals surface area contributed by atoms with E-state index in [1.54, 1.807) is 0 Å².